The second kappa shape index (κ2) is 6.17. The first kappa shape index (κ1) is 12.6. The molecule has 0 spiro atoms. The van der Waals surface area contributed by atoms with Gasteiger partial charge in [0, 0.05) is 30.0 Å². The van der Waals surface area contributed by atoms with Crippen LogP contribution < -0.4 is 10.6 Å². The number of hydrogen-bond donors (Lipinski definition) is 2. The second-order valence-electron chi connectivity index (χ2n) is 4.40. The molecular weight excluding hydrogens is 280 g/mol. The van der Waals surface area contributed by atoms with Gasteiger partial charge in [0.1, 0.15) is 0 Å². The van der Waals surface area contributed by atoms with Crippen molar-refractivity contribution in [3.05, 3.63) is 34.3 Å². The highest BCUT2D eigenvalue weighted by Crippen LogP contribution is 2.12. The Morgan fingerprint density at radius 2 is 2.35 bits per heavy atom. The number of rotatable bonds is 3. The molecule has 0 saturated carbocycles. The van der Waals surface area contributed by atoms with Crippen molar-refractivity contribution >= 4 is 21.8 Å². The fraction of sp³-hybridized carbons (Fsp3) is 0.462. The van der Waals surface area contributed by atoms with E-state index in [2.05, 4.69) is 38.7 Å². The third-order valence-corrected chi connectivity index (χ3v) is 3.46. The summed E-state index contributed by atoms with van der Waals surface area (Å²) in [6.45, 7) is 1.63. The fourth-order valence-electron chi connectivity index (χ4n) is 2.06. The van der Waals surface area contributed by atoms with Gasteiger partial charge in [-0.15, -0.1) is 0 Å². The van der Waals surface area contributed by atoms with Crippen molar-refractivity contribution in [2.75, 3.05) is 6.54 Å². The third-order valence-electron chi connectivity index (χ3n) is 2.97. The van der Waals surface area contributed by atoms with E-state index >= 15 is 0 Å². The number of halogens is 1. The van der Waals surface area contributed by atoms with Crippen LogP contribution in [0.5, 0.6) is 0 Å². The highest BCUT2D eigenvalue weighted by Gasteiger charge is 2.16. The largest absolute Gasteiger partial charge is 0.356 e. The molecule has 1 aromatic rings. The standard InChI is InChI=1S/C13H17BrN2O/c14-11-4-1-3-10(7-11)9-16-12-5-2-6-15-13(17)8-12/h1,3-4,7,12,16H,2,5-6,8-9H2,(H,15,17). The molecule has 1 aliphatic heterocycles. The Kier molecular flexibility index (Phi) is 4.57. The zero-order valence-electron chi connectivity index (χ0n) is 9.71. The van der Waals surface area contributed by atoms with Gasteiger partial charge < -0.3 is 10.6 Å². The van der Waals surface area contributed by atoms with Gasteiger partial charge in [-0.05, 0) is 30.5 Å². The van der Waals surface area contributed by atoms with Crippen LogP contribution in [0.3, 0.4) is 0 Å². The highest BCUT2D eigenvalue weighted by atomic mass is 79.9. The molecule has 1 heterocycles. The molecule has 0 aromatic heterocycles. The predicted octanol–water partition coefficient (Wildman–Crippen LogP) is 2.21. The molecule has 1 saturated heterocycles. The third kappa shape index (κ3) is 4.13. The normalized spacial score (nSPS) is 20.8. The maximum absolute atomic E-state index is 11.4. The number of amides is 1. The summed E-state index contributed by atoms with van der Waals surface area (Å²) in [7, 11) is 0. The molecule has 1 unspecified atom stereocenters. The molecule has 4 heteroatoms. The predicted molar refractivity (Wildman–Crippen MR) is 71.6 cm³/mol. The minimum Gasteiger partial charge on any atom is -0.356 e. The Morgan fingerprint density at radius 3 is 3.18 bits per heavy atom. The minimum atomic E-state index is 0.161. The first-order valence-corrected chi connectivity index (χ1v) is 6.78. The molecule has 1 atom stereocenters. The Morgan fingerprint density at radius 1 is 1.47 bits per heavy atom. The van der Waals surface area contributed by atoms with Crippen LogP contribution in [-0.2, 0) is 11.3 Å². The van der Waals surface area contributed by atoms with E-state index < -0.39 is 0 Å². The smallest absolute Gasteiger partial charge is 0.221 e. The summed E-state index contributed by atoms with van der Waals surface area (Å²) >= 11 is 3.46. The van der Waals surface area contributed by atoms with E-state index in [9.17, 15) is 4.79 Å². The van der Waals surface area contributed by atoms with Crippen molar-refractivity contribution in [1.82, 2.24) is 10.6 Å². The maximum atomic E-state index is 11.4. The van der Waals surface area contributed by atoms with Crippen LogP contribution in [0, 0.1) is 0 Å². The Bertz CT molecular complexity index is 395. The average Bonchev–Trinajstić information content (AvgIpc) is 2.51. The minimum absolute atomic E-state index is 0.161. The molecule has 1 aromatic carbocycles. The van der Waals surface area contributed by atoms with Gasteiger partial charge in [-0.3, -0.25) is 4.79 Å². The lowest BCUT2D eigenvalue weighted by Crippen LogP contribution is -2.32. The van der Waals surface area contributed by atoms with Gasteiger partial charge in [0.2, 0.25) is 5.91 Å². The van der Waals surface area contributed by atoms with Gasteiger partial charge in [0.05, 0.1) is 0 Å². The van der Waals surface area contributed by atoms with Crippen molar-refractivity contribution in [3.63, 3.8) is 0 Å². The molecule has 1 fully saturated rings. The van der Waals surface area contributed by atoms with E-state index in [0.717, 1.165) is 30.4 Å². The summed E-state index contributed by atoms with van der Waals surface area (Å²) in [5, 5.41) is 6.35. The van der Waals surface area contributed by atoms with E-state index in [1.54, 1.807) is 0 Å². The Hall–Kier alpha value is -0.870. The number of carbonyl (C=O) groups is 1. The van der Waals surface area contributed by atoms with Gasteiger partial charge in [-0.1, -0.05) is 28.1 Å². The Balaban J connectivity index is 1.86. The molecule has 0 aliphatic carbocycles. The Labute approximate surface area is 110 Å². The van der Waals surface area contributed by atoms with Crippen LogP contribution in [0.25, 0.3) is 0 Å². The first-order valence-electron chi connectivity index (χ1n) is 5.98. The second-order valence-corrected chi connectivity index (χ2v) is 5.32. The van der Waals surface area contributed by atoms with Crippen LogP contribution in [-0.4, -0.2) is 18.5 Å². The number of carbonyl (C=O) groups excluding carboxylic acids is 1. The van der Waals surface area contributed by atoms with Crippen molar-refractivity contribution < 1.29 is 4.79 Å². The quantitative estimate of drug-likeness (QED) is 0.898. The van der Waals surface area contributed by atoms with E-state index in [4.69, 9.17) is 0 Å². The number of hydrogen-bond acceptors (Lipinski definition) is 2. The van der Waals surface area contributed by atoms with Crippen LogP contribution in [0.15, 0.2) is 28.7 Å². The van der Waals surface area contributed by atoms with Crippen molar-refractivity contribution in [3.8, 4) is 0 Å². The molecule has 92 valence electrons. The summed E-state index contributed by atoms with van der Waals surface area (Å²) in [5.74, 6) is 0.161. The van der Waals surface area contributed by atoms with E-state index in [-0.39, 0.29) is 5.91 Å². The van der Waals surface area contributed by atoms with Crippen molar-refractivity contribution in [1.29, 1.82) is 0 Å². The fourth-order valence-corrected chi connectivity index (χ4v) is 2.50. The molecule has 1 amide bonds. The highest BCUT2D eigenvalue weighted by molar-refractivity contribution is 9.10. The van der Waals surface area contributed by atoms with Gasteiger partial charge in [0.25, 0.3) is 0 Å². The first-order chi connectivity index (χ1) is 8.24. The SMILES string of the molecule is O=C1CC(NCc2cccc(Br)c2)CCCN1. The zero-order chi connectivity index (χ0) is 12.1. The lowest BCUT2D eigenvalue weighted by molar-refractivity contribution is -0.121. The van der Waals surface area contributed by atoms with Crippen LogP contribution in [0.1, 0.15) is 24.8 Å². The molecule has 0 bridgehead atoms. The molecule has 1 aliphatic rings. The monoisotopic (exact) mass is 296 g/mol. The molecule has 2 rings (SSSR count). The average molecular weight is 297 g/mol. The number of benzene rings is 1. The number of nitrogens with one attached hydrogen (secondary N) is 2. The topological polar surface area (TPSA) is 41.1 Å². The summed E-state index contributed by atoms with van der Waals surface area (Å²) in [4.78, 5) is 11.4. The van der Waals surface area contributed by atoms with Crippen LogP contribution in [0.2, 0.25) is 0 Å². The molecular formula is C13H17BrN2O. The van der Waals surface area contributed by atoms with Gasteiger partial charge >= 0.3 is 0 Å². The summed E-state index contributed by atoms with van der Waals surface area (Å²) in [6, 6.07) is 8.54. The lowest BCUT2D eigenvalue weighted by Gasteiger charge is -2.15. The van der Waals surface area contributed by atoms with Gasteiger partial charge in [-0.25, -0.2) is 0 Å². The molecule has 17 heavy (non-hydrogen) atoms. The lowest BCUT2D eigenvalue weighted by atomic mass is 10.1. The maximum Gasteiger partial charge on any atom is 0.221 e. The zero-order valence-corrected chi connectivity index (χ0v) is 11.3. The van der Waals surface area contributed by atoms with E-state index in [1.807, 2.05) is 12.1 Å². The molecule has 2 N–H and O–H groups in total. The van der Waals surface area contributed by atoms with Crippen molar-refractivity contribution in [2.45, 2.75) is 31.8 Å². The van der Waals surface area contributed by atoms with Crippen LogP contribution in [0.4, 0.5) is 0 Å². The summed E-state index contributed by atoms with van der Waals surface area (Å²) < 4.78 is 1.09. The van der Waals surface area contributed by atoms with Crippen molar-refractivity contribution in [2.24, 2.45) is 0 Å². The van der Waals surface area contributed by atoms with E-state index in [0.29, 0.717) is 12.5 Å². The van der Waals surface area contributed by atoms with Crippen LogP contribution >= 0.6 is 15.9 Å². The summed E-state index contributed by atoms with van der Waals surface area (Å²) in [6.07, 6.45) is 2.71. The summed E-state index contributed by atoms with van der Waals surface area (Å²) in [5.41, 5.74) is 1.24. The van der Waals surface area contributed by atoms with E-state index in [1.165, 1.54) is 5.56 Å². The molecule has 0 radical (unpaired) electrons. The molecule has 3 nitrogen and oxygen atoms in total. The van der Waals surface area contributed by atoms with Gasteiger partial charge in [0.15, 0.2) is 0 Å². The van der Waals surface area contributed by atoms with Gasteiger partial charge in [-0.2, -0.15) is 0 Å².